The van der Waals surface area contributed by atoms with Crippen LogP contribution in [-0.4, -0.2) is 51.8 Å². The Labute approximate surface area is 100 Å². The number of hydrogen-bond donors (Lipinski definition) is 4. The van der Waals surface area contributed by atoms with Crippen LogP contribution in [0.5, 0.6) is 0 Å². The summed E-state index contributed by atoms with van der Waals surface area (Å²) in [5.41, 5.74) is 4.83. The van der Waals surface area contributed by atoms with Gasteiger partial charge in [-0.3, -0.25) is 9.00 Å². The molecule has 0 aromatic rings. The number of primary amides is 1. The number of nitrogens with one attached hydrogen (secondary N) is 2. The average Bonchev–Trinajstić information content (AvgIpc) is 2.15. The molecule has 0 aliphatic carbocycles. The van der Waals surface area contributed by atoms with Gasteiger partial charge in [0.25, 0.3) is 0 Å². The van der Waals surface area contributed by atoms with Gasteiger partial charge in [0.1, 0.15) is 6.04 Å². The predicted molar refractivity (Wildman–Crippen MR) is 60.7 cm³/mol. The summed E-state index contributed by atoms with van der Waals surface area (Å²) in [5, 5.41) is 13.1. The molecule has 0 bridgehead atoms. The highest BCUT2D eigenvalue weighted by Crippen LogP contribution is 1.91. The van der Waals surface area contributed by atoms with Crippen LogP contribution in [0.4, 0.5) is 4.79 Å². The summed E-state index contributed by atoms with van der Waals surface area (Å²) in [6.45, 7) is 0.151. The quantitative estimate of drug-likeness (QED) is 0.421. The molecule has 2 atom stereocenters. The minimum atomic E-state index is -1.36. The molecule has 0 radical (unpaired) electrons. The van der Waals surface area contributed by atoms with Crippen molar-refractivity contribution in [1.82, 2.24) is 10.6 Å². The molecule has 0 aliphatic heterocycles. The molecule has 9 heteroatoms. The van der Waals surface area contributed by atoms with E-state index < -0.39 is 41.2 Å². The van der Waals surface area contributed by atoms with E-state index in [9.17, 15) is 18.6 Å². The van der Waals surface area contributed by atoms with Crippen molar-refractivity contribution in [2.24, 2.45) is 5.73 Å². The number of hydrogen-bond acceptors (Lipinski definition) is 4. The van der Waals surface area contributed by atoms with Crippen LogP contribution in [0, 0.1) is 0 Å². The van der Waals surface area contributed by atoms with Crippen LogP contribution in [0.2, 0.25) is 0 Å². The lowest BCUT2D eigenvalue weighted by molar-refractivity contribution is -0.140. The van der Waals surface area contributed by atoms with Crippen molar-refractivity contribution in [3.63, 3.8) is 0 Å². The maximum absolute atomic E-state index is 11.2. The third-order valence-electron chi connectivity index (χ3n) is 1.68. The first-order valence-corrected chi connectivity index (χ1v) is 6.41. The number of rotatable bonds is 7. The standard InChI is InChI=1S/C8H15N3O5S/c1-17(16)3-2-10-8(15)11-5(7(13)14)4-6(9)12/h5H,2-4H2,1H3,(H2,9,12)(H,13,14)(H2,10,11,15). The molecule has 0 rings (SSSR count). The van der Waals surface area contributed by atoms with Gasteiger partial charge in [0.2, 0.25) is 5.91 Å². The number of nitrogens with two attached hydrogens (primary N) is 1. The zero-order chi connectivity index (χ0) is 13.4. The third-order valence-corrected chi connectivity index (χ3v) is 2.46. The van der Waals surface area contributed by atoms with E-state index in [1.165, 1.54) is 6.26 Å². The summed E-state index contributed by atoms with van der Waals surface area (Å²) < 4.78 is 10.7. The van der Waals surface area contributed by atoms with E-state index in [-0.39, 0.29) is 12.3 Å². The maximum atomic E-state index is 11.2. The summed E-state index contributed by atoms with van der Waals surface area (Å²) >= 11 is 0. The van der Waals surface area contributed by atoms with Gasteiger partial charge in [-0.15, -0.1) is 0 Å². The van der Waals surface area contributed by atoms with Gasteiger partial charge >= 0.3 is 12.0 Å². The Kier molecular flexibility index (Phi) is 6.87. The lowest BCUT2D eigenvalue weighted by Crippen LogP contribution is -2.48. The maximum Gasteiger partial charge on any atom is 0.326 e. The smallest absolute Gasteiger partial charge is 0.326 e. The van der Waals surface area contributed by atoms with Gasteiger partial charge in [-0.1, -0.05) is 0 Å². The Balaban J connectivity index is 4.08. The first kappa shape index (κ1) is 15.4. The van der Waals surface area contributed by atoms with Crippen LogP contribution in [0.15, 0.2) is 0 Å². The van der Waals surface area contributed by atoms with Crippen molar-refractivity contribution < 1.29 is 23.7 Å². The number of amides is 3. The summed E-state index contributed by atoms with van der Waals surface area (Å²) in [6, 6.07) is -2.11. The van der Waals surface area contributed by atoms with Crippen molar-refractivity contribution in [3.05, 3.63) is 0 Å². The molecule has 17 heavy (non-hydrogen) atoms. The number of carbonyl (C=O) groups excluding carboxylic acids is 2. The largest absolute Gasteiger partial charge is 0.480 e. The highest BCUT2D eigenvalue weighted by Gasteiger charge is 2.21. The van der Waals surface area contributed by atoms with Crippen LogP contribution >= 0.6 is 0 Å². The van der Waals surface area contributed by atoms with Crippen LogP contribution < -0.4 is 16.4 Å². The van der Waals surface area contributed by atoms with Gasteiger partial charge in [-0.05, 0) is 0 Å². The molecular weight excluding hydrogens is 250 g/mol. The Morgan fingerprint density at radius 3 is 2.41 bits per heavy atom. The highest BCUT2D eigenvalue weighted by molar-refractivity contribution is 7.84. The molecule has 0 heterocycles. The first-order chi connectivity index (χ1) is 7.82. The monoisotopic (exact) mass is 265 g/mol. The highest BCUT2D eigenvalue weighted by atomic mass is 32.2. The van der Waals surface area contributed by atoms with Gasteiger partial charge in [-0.25, -0.2) is 9.59 Å². The second-order valence-corrected chi connectivity index (χ2v) is 4.79. The molecule has 0 saturated heterocycles. The molecule has 0 fully saturated rings. The molecule has 0 saturated carbocycles. The average molecular weight is 265 g/mol. The second-order valence-electron chi connectivity index (χ2n) is 3.24. The van der Waals surface area contributed by atoms with Crippen molar-refractivity contribution in [2.45, 2.75) is 12.5 Å². The summed E-state index contributed by atoms with van der Waals surface area (Å²) in [4.78, 5) is 32.4. The Bertz CT molecular complexity index is 333. The lowest BCUT2D eigenvalue weighted by atomic mass is 10.2. The Hall–Kier alpha value is -1.64. The number of carbonyl (C=O) groups is 3. The fourth-order valence-electron chi connectivity index (χ4n) is 0.919. The molecule has 0 aliphatic rings. The fourth-order valence-corrected chi connectivity index (χ4v) is 1.31. The lowest BCUT2D eigenvalue weighted by Gasteiger charge is -2.13. The minimum absolute atomic E-state index is 0.151. The summed E-state index contributed by atoms with van der Waals surface area (Å²) in [7, 11) is -1.05. The molecule has 0 aromatic carbocycles. The van der Waals surface area contributed by atoms with Gasteiger partial charge < -0.3 is 21.5 Å². The third kappa shape index (κ3) is 8.20. The number of carboxylic acid groups (broad SMARTS) is 1. The van der Waals surface area contributed by atoms with Crippen LogP contribution in [0.25, 0.3) is 0 Å². The summed E-state index contributed by atoms with van der Waals surface area (Å²) in [5.74, 6) is -1.91. The first-order valence-electron chi connectivity index (χ1n) is 4.68. The van der Waals surface area contributed by atoms with Crippen LogP contribution in [-0.2, 0) is 20.4 Å². The molecule has 3 amide bonds. The molecule has 8 nitrogen and oxygen atoms in total. The Morgan fingerprint density at radius 2 is 2.00 bits per heavy atom. The SMILES string of the molecule is CS(=O)CCNC(=O)NC(CC(N)=O)C(=O)O. The van der Waals surface area contributed by atoms with Gasteiger partial charge in [-0.2, -0.15) is 0 Å². The Morgan fingerprint density at radius 1 is 1.41 bits per heavy atom. The summed E-state index contributed by atoms with van der Waals surface area (Å²) in [6.07, 6.45) is 0.995. The van der Waals surface area contributed by atoms with Gasteiger partial charge in [0.15, 0.2) is 0 Å². The second kappa shape index (κ2) is 7.60. The molecule has 5 N–H and O–H groups in total. The molecule has 2 unspecified atom stereocenters. The van der Waals surface area contributed by atoms with E-state index in [0.717, 1.165) is 0 Å². The fraction of sp³-hybridized carbons (Fsp3) is 0.625. The number of aliphatic carboxylic acids is 1. The molecule has 0 aromatic heterocycles. The molecular formula is C8H15N3O5S. The van der Waals surface area contributed by atoms with Crippen molar-refractivity contribution >= 4 is 28.7 Å². The van der Waals surface area contributed by atoms with E-state index >= 15 is 0 Å². The number of urea groups is 1. The van der Waals surface area contributed by atoms with E-state index in [4.69, 9.17) is 10.8 Å². The van der Waals surface area contributed by atoms with E-state index in [2.05, 4.69) is 10.6 Å². The number of carboxylic acids is 1. The van der Waals surface area contributed by atoms with Crippen molar-refractivity contribution in [1.29, 1.82) is 0 Å². The van der Waals surface area contributed by atoms with Crippen molar-refractivity contribution in [2.75, 3.05) is 18.6 Å². The zero-order valence-electron chi connectivity index (χ0n) is 9.26. The van der Waals surface area contributed by atoms with Gasteiger partial charge in [0, 0.05) is 29.4 Å². The molecule has 0 spiro atoms. The normalized spacial score (nSPS) is 13.5. The van der Waals surface area contributed by atoms with E-state index in [1.807, 2.05) is 0 Å². The molecule has 98 valence electrons. The van der Waals surface area contributed by atoms with E-state index in [1.54, 1.807) is 0 Å². The zero-order valence-corrected chi connectivity index (χ0v) is 10.1. The predicted octanol–water partition coefficient (Wildman–Crippen LogP) is -2.01. The van der Waals surface area contributed by atoms with Gasteiger partial charge in [0.05, 0.1) is 6.42 Å². The van der Waals surface area contributed by atoms with Crippen molar-refractivity contribution in [3.8, 4) is 0 Å². The topological polar surface area (TPSA) is 139 Å². The van der Waals surface area contributed by atoms with E-state index in [0.29, 0.717) is 0 Å². The van der Waals surface area contributed by atoms with Crippen LogP contribution in [0.3, 0.4) is 0 Å². The van der Waals surface area contributed by atoms with Crippen LogP contribution in [0.1, 0.15) is 6.42 Å². The minimum Gasteiger partial charge on any atom is -0.480 e.